The van der Waals surface area contributed by atoms with E-state index in [0.717, 1.165) is 11.3 Å². The molecule has 1 rings (SSSR count). The van der Waals surface area contributed by atoms with Crippen molar-refractivity contribution in [2.75, 3.05) is 13.2 Å². The molecule has 1 aromatic carbocycles. The van der Waals surface area contributed by atoms with Gasteiger partial charge in [0.05, 0.1) is 25.5 Å². The average molecular weight is 222 g/mol. The minimum atomic E-state index is 0.0819. The van der Waals surface area contributed by atoms with E-state index in [-0.39, 0.29) is 12.7 Å². The molecular formula is C12H18N2O2. The van der Waals surface area contributed by atoms with Crippen molar-refractivity contribution in [1.82, 2.24) is 5.43 Å². The Labute approximate surface area is 95.9 Å². The second kappa shape index (κ2) is 6.85. The molecule has 0 aliphatic rings. The molecule has 0 saturated heterocycles. The molecule has 0 unspecified atom stereocenters. The van der Waals surface area contributed by atoms with E-state index in [0.29, 0.717) is 6.54 Å². The molecule has 0 saturated carbocycles. The predicted octanol–water partition coefficient (Wildman–Crippen LogP) is 1.39. The molecule has 16 heavy (non-hydrogen) atoms. The largest absolute Gasteiger partial charge is 0.491 e. The van der Waals surface area contributed by atoms with Crippen LogP contribution < -0.4 is 10.2 Å². The summed E-state index contributed by atoms with van der Waals surface area (Å²) in [5.41, 5.74) is 3.71. The highest BCUT2D eigenvalue weighted by atomic mass is 16.5. The molecule has 88 valence electrons. The van der Waals surface area contributed by atoms with E-state index in [9.17, 15) is 0 Å². The van der Waals surface area contributed by atoms with Gasteiger partial charge in [-0.05, 0) is 43.7 Å². The normalized spacial score (nSPS) is 11.0. The fourth-order valence-corrected chi connectivity index (χ4v) is 1.14. The van der Waals surface area contributed by atoms with E-state index in [4.69, 9.17) is 9.84 Å². The zero-order valence-electron chi connectivity index (χ0n) is 9.68. The fraction of sp³-hybridized carbons (Fsp3) is 0.417. The number of rotatable bonds is 6. The maximum Gasteiger partial charge on any atom is 0.119 e. The number of aliphatic hydroxyl groups excluding tert-OH is 1. The topological polar surface area (TPSA) is 53.8 Å². The summed E-state index contributed by atoms with van der Waals surface area (Å²) in [5.74, 6) is 0.857. The van der Waals surface area contributed by atoms with E-state index >= 15 is 0 Å². The lowest BCUT2D eigenvalue weighted by Crippen LogP contribution is -2.11. The van der Waals surface area contributed by atoms with E-state index in [1.165, 1.54) is 0 Å². The van der Waals surface area contributed by atoms with Gasteiger partial charge in [0.25, 0.3) is 0 Å². The first-order chi connectivity index (χ1) is 7.72. The first kappa shape index (κ1) is 12.5. The van der Waals surface area contributed by atoms with Crippen LogP contribution in [0.1, 0.15) is 19.4 Å². The van der Waals surface area contributed by atoms with Crippen LogP contribution in [-0.2, 0) is 0 Å². The number of benzene rings is 1. The lowest BCUT2D eigenvalue weighted by Gasteiger charge is -2.09. The van der Waals surface area contributed by atoms with Crippen LogP contribution in [-0.4, -0.2) is 30.6 Å². The third kappa shape index (κ3) is 4.79. The zero-order chi connectivity index (χ0) is 11.8. The summed E-state index contributed by atoms with van der Waals surface area (Å²) >= 11 is 0. The molecule has 4 nitrogen and oxygen atoms in total. The number of hydrazone groups is 1. The second-order valence-corrected chi connectivity index (χ2v) is 3.63. The summed E-state index contributed by atoms with van der Waals surface area (Å²) in [6.07, 6.45) is 1.89. The Hall–Kier alpha value is -1.55. The van der Waals surface area contributed by atoms with Crippen LogP contribution in [0.5, 0.6) is 5.75 Å². The second-order valence-electron chi connectivity index (χ2n) is 3.63. The average Bonchev–Trinajstić information content (AvgIpc) is 2.26. The molecule has 1 aromatic rings. The van der Waals surface area contributed by atoms with Crippen molar-refractivity contribution >= 4 is 6.21 Å². The molecule has 0 spiro atoms. The molecule has 0 fully saturated rings. The molecule has 0 bridgehead atoms. The lowest BCUT2D eigenvalue weighted by molar-refractivity contribution is 0.242. The maximum absolute atomic E-state index is 8.53. The van der Waals surface area contributed by atoms with Gasteiger partial charge in [-0.25, -0.2) is 0 Å². The molecule has 4 heteroatoms. The van der Waals surface area contributed by atoms with Gasteiger partial charge in [0.2, 0.25) is 0 Å². The van der Waals surface area contributed by atoms with Crippen molar-refractivity contribution in [3.63, 3.8) is 0 Å². The highest BCUT2D eigenvalue weighted by molar-refractivity contribution is 5.79. The highest BCUT2D eigenvalue weighted by Crippen LogP contribution is 2.12. The zero-order valence-corrected chi connectivity index (χ0v) is 9.68. The molecule has 0 heterocycles. The number of nitrogens with zero attached hydrogens (tertiary/aromatic N) is 1. The minimum absolute atomic E-state index is 0.0819. The van der Waals surface area contributed by atoms with Crippen molar-refractivity contribution in [3.8, 4) is 5.75 Å². The fourth-order valence-electron chi connectivity index (χ4n) is 1.14. The predicted molar refractivity (Wildman–Crippen MR) is 64.9 cm³/mol. The van der Waals surface area contributed by atoms with Gasteiger partial charge in [0, 0.05) is 0 Å². The quantitative estimate of drug-likeness (QED) is 0.434. The summed E-state index contributed by atoms with van der Waals surface area (Å²) in [7, 11) is 0. The van der Waals surface area contributed by atoms with Crippen molar-refractivity contribution < 1.29 is 9.84 Å². The standard InChI is InChI=1S/C12H18N2O2/c1-10(2)16-12-5-3-11(4-6-12)9-14-13-7-8-15/h3-6,9-10,13,15H,7-8H2,1-2H3. The number of ether oxygens (including phenoxy) is 1. The van der Waals surface area contributed by atoms with Crippen LogP contribution in [0.25, 0.3) is 0 Å². The molecule has 0 aromatic heterocycles. The Morgan fingerprint density at radius 1 is 1.38 bits per heavy atom. The van der Waals surface area contributed by atoms with Crippen LogP contribution in [0, 0.1) is 0 Å². The van der Waals surface area contributed by atoms with Gasteiger partial charge >= 0.3 is 0 Å². The van der Waals surface area contributed by atoms with Crippen LogP contribution in [0.3, 0.4) is 0 Å². The monoisotopic (exact) mass is 222 g/mol. The Balaban J connectivity index is 2.47. The van der Waals surface area contributed by atoms with Gasteiger partial charge in [-0.2, -0.15) is 5.10 Å². The number of hydrogen-bond donors (Lipinski definition) is 2. The van der Waals surface area contributed by atoms with Gasteiger partial charge in [-0.15, -0.1) is 0 Å². The van der Waals surface area contributed by atoms with Gasteiger partial charge in [0.1, 0.15) is 5.75 Å². The minimum Gasteiger partial charge on any atom is -0.491 e. The van der Waals surface area contributed by atoms with E-state index < -0.39 is 0 Å². The van der Waals surface area contributed by atoms with Crippen LogP contribution in [0.2, 0.25) is 0 Å². The van der Waals surface area contributed by atoms with Crippen LogP contribution >= 0.6 is 0 Å². The maximum atomic E-state index is 8.53. The summed E-state index contributed by atoms with van der Waals surface area (Å²) in [6.45, 7) is 4.53. The van der Waals surface area contributed by atoms with Gasteiger partial charge < -0.3 is 15.3 Å². The van der Waals surface area contributed by atoms with E-state index in [1.807, 2.05) is 38.1 Å². The molecule has 0 atom stereocenters. The Morgan fingerprint density at radius 2 is 2.06 bits per heavy atom. The van der Waals surface area contributed by atoms with Gasteiger partial charge in [0.15, 0.2) is 0 Å². The molecule has 0 amide bonds. The summed E-state index contributed by atoms with van der Waals surface area (Å²) < 4.78 is 5.52. The number of aliphatic hydroxyl groups is 1. The molecule has 2 N–H and O–H groups in total. The first-order valence-electron chi connectivity index (χ1n) is 5.36. The number of nitrogens with one attached hydrogen (secondary N) is 1. The molecular weight excluding hydrogens is 204 g/mol. The van der Waals surface area contributed by atoms with E-state index in [1.54, 1.807) is 6.21 Å². The first-order valence-corrected chi connectivity index (χ1v) is 5.36. The third-order valence-electron chi connectivity index (χ3n) is 1.78. The summed E-state index contributed by atoms with van der Waals surface area (Å²) in [6, 6.07) is 7.68. The van der Waals surface area contributed by atoms with Crippen LogP contribution in [0.15, 0.2) is 29.4 Å². The summed E-state index contributed by atoms with van der Waals surface area (Å²) in [4.78, 5) is 0. The van der Waals surface area contributed by atoms with Gasteiger partial charge in [-0.3, -0.25) is 0 Å². The SMILES string of the molecule is CC(C)Oc1ccc(C=NNCCO)cc1. The van der Waals surface area contributed by atoms with Crippen molar-refractivity contribution in [3.05, 3.63) is 29.8 Å². The molecule has 0 aliphatic carbocycles. The van der Waals surface area contributed by atoms with Crippen LogP contribution in [0.4, 0.5) is 0 Å². The van der Waals surface area contributed by atoms with Crippen molar-refractivity contribution in [2.45, 2.75) is 20.0 Å². The molecule has 0 radical (unpaired) electrons. The third-order valence-corrected chi connectivity index (χ3v) is 1.78. The van der Waals surface area contributed by atoms with Crippen molar-refractivity contribution in [1.29, 1.82) is 0 Å². The van der Waals surface area contributed by atoms with E-state index in [2.05, 4.69) is 10.5 Å². The lowest BCUT2D eigenvalue weighted by atomic mass is 10.2. The number of hydrogen-bond acceptors (Lipinski definition) is 4. The smallest absolute Gasteiger partial charge is 0.119 e. The van der Waals surface area contributed by atoms with Crippen molar-refractivity contribution in [2.24, 2.45) is 5.10 Å². The molecule has 0 aliphatic heterocycles. The summed E-state index contributed by atoms with van der Waals surface area (Å²) in [5, 5.41) is 12.5. The highest BCUT2D eigenvalue weighted by Gasteiger charge is 1.96. The Bertz CT molecular complexity index is 320. The van der Waals surface area contributed by atoms with Gasteiger partial charge in [-0.1, -0.05) is 0 Å². The Morgan fingerprint density at radius 3 is 2.62 bits per heavy atom. The Kier molecular flexibility index (Phi) is 5.36.